The van der Waals surface area contributed by atoms with E-state index in [1.807, 2.05) is 54.6 Å². The number of anilines is 1. The van der Waals surface area contributed by atoms with Crippen molar-refractivity contribution >= 4 is 22.8 Å². The van der Waals surface area contributed by atoms with Gasteiger partial charge in [-0.05, 0) is 29.7 Å². The summed E-state index contributed by atoms with van der Waals surface area (Å²) in [6, 6.07) is 17.2. The van der Waals surface area contributed by atoms with Crippen LogP contribution in [0, 0.1) is 0 Å². The van der Waals surface area contributed by atoms with E-state index in [1.165, 1.54) is 11.0 Å². The predicted molar refractivity (Wildman–Crippen MR) is 148 cm³/mol. The normalized spacial score (nSPS) is 18.7. The average molecular weight is 538 g/mol. The Hall–Kier alpha value is -4.74. The van der Waals surface area contributed by atoms with Gasteiger partial charge >= 0.3 is 0 Å². The molecule has 3 aromatic heterocycles. The standard InChI is InChI=1S/C29H27N7O4/c30-26-22-21(14-34(20-10-12-39-15-20)28(22)33-16-32-26)17-6-8-18(9-7-17)25-24-23(27(31)37)29(38)36(35(24)11-13-40-25)19-4-2-1-3-5-19/h1-9,14,16,20,25H,10-13,15H2,(H2,31,37)(H2,30,32,33). The number of carbonyl (C=O) groups excluding carboxylic acids is 1. The summed E-state index contributed by atoms with van der Waals surface area (Å²) in [6.45, 7) is 2.10. The maximum absolute atomic E-state index is 13.4. The molecule has 1 fully saturated rings. The van der Waals surface area contributed by atoms with E-state index in [2.05, 4.69) is 20.7 Å². The fourth-order valence-electron chi connectivity index (χ4n) is 5.88. The average Bonchev–Trinajstić information content (AvgIpc) is 3.70. The maximum atomic E-state index is 13.4. The highest BCUT2D eigenvalue weighted by Crippen LogP contribution is 2.38. The number of hydrogen-bond donors (Lipinski definition) is 2. The lowest BCUT2D eigenvalue weighted by molar-refractivity contribution is 0.0390. The highest BCUT2D eigenvalue weighted by Gasteiger charge is 2.34. The molecule has 0 saturated carbocycles. The number of primary amides is 1. The van der Waals surface area contributed by atoms with Gasteiger partial charge in [0.25, 0.3) is 11.5 Å². The van der Waals surface area contributed by atoms with Crippen molar-refractivity contribution in [1.29, 1.82) is 0 Å². The summed E-state index contributed by atoms with van der Waals surface area (Å²) in [5, 5.41) is 0.792. The van der Waals surface area contributed by atoms with E-state index in [4.69, 9.17) is 20.9 Å². The van der Waals surface area contributed by atoms with Gasteiger partial charge in [-0.2, -0.15) is 0 Å². The van der Waals surface area contributed by atoms with Gasteiger partial charge in [-0.15, -0.1) is 0 Å². The summed E-state index contributed by atoms with van der Waals surface area (Å²) in [5.74, 6) is -0.371. The van der Waals surface area contributed by atoms with Crippen LogP contribution < -0.4 is 17.0 Å². The topological polar surface area (TPSA) is 145 Å². The van der Waals surface area contributed by atoms with E-state index in [9.17, 15) is 9.59 Å². The Morgan fingerprint density at radius 1 is 1.02 bits per heavy atom. The van der Waals surface area contributed by atoms with Crippen LogP contribution in [0.1, 0.15) is 40.2 Å². The van der Waals surface area contributed by atoms with Crippen LogP contribution in [-0.4, -0.2) is 49.6 Å². The van der Waals surface area contributed by atoms with Gasteiger partial charge in [0.05, 0.1) is 42.6 Å². The molecule has 11 nitrogen and oxygen atoms in total. The number of benzene rings is 2. The van der Waals surface area contributed by atoms with Crippen molar-refractivity contribution in [3.63, 3.8) is 0 Å². The van der Waals surface area contributed by atoms with Crippen LogP contribution in [-0.2, 0) is 16.0 Å². The quantitative estimate of drug-likeness (QED) is 0.351. The summed E-state index contributed by atoms with van der Waals surface area (Å²) in [6.07, 6.45) is 3.80. The number of para-hydroxylation sites is 1. The van der Waals surface area contributed by atoms with Crippen LogP contribution in [0.25, 0.3) is 27.8 Å². The minimum absolute atomic E-state index is 0.0654. The molecule has 5 aromatic rings. The van der Waals surface area contributed by atoms with Crippen LogP contribution in [0.4, 0.5) is 5.82 Å². The Kier molecular flexibility index (Phi) is 5.76. The minimum Gasteiger partial charge on any atom is -0.383 e. The zero-order valence-electron chi connectivity index (χ0n) is 21.6. The van der Waals surface area contributed by atoms with E-state index in [0.717, 1.165) is 34.1 Å². The summed E-state index contributed by atoms with van der Waals surface area (Å²) < 4.78 is 17.2. The summed E-state index contributed by atoms with van der Waals surface area (Å²) in [7, 11) is 0. The van der Waals surface area contributed by atoms with Gasteiger partial charge in [-0.3, -0.25) is 14.3 Å². The van der Waals surface area contributed by atoms with E-state index < -0.39 is 17.6 Å². The minimum atomic E-state index is -0.783. The molecule has 0 aliphatic carbocycles. The van der Waals surface area contributed by atoms with Crippen molar-refractivity contribution in [1.82, 2.24) is 23.9 Å². The highest BCUT2D eigenvalue weighted by molar-refractivity contribution is 6.00. The third kappa shape index (κ3) is 3.74. The van der Waals surface area contributed by atoms with Crippen molar-refractivity contribution in [3.8, 4) is 16.8 Å². The number of ether oxygens (including phenoxy) is 2. The lowest BCUT2D eigenvalue weighted by atomic mass is 9.98. The molecule has 2 aliphatic rings. The Bertz CT molecular complexity index is 1800. The Balaban J connectivity index is 1.32. The molecule has 0 spiro atoms. The number of nitrogens with two attached hydrogens (primary N) is 2. The first-order valence-electron chi connectivity index (χ1n) is 13.1. The Morgan fingerprint density at radius 2 is 1.82 bits per heavy atom. The number of carbonyl (C=O) groups is 1. The van der Waals surface area contributed by atoms with Crippen LogP contribution in [0.3, 0.4) is 0 Å². The zero-order chi connectivity index (χ0) is 27.4. The fourth-order valence-corrected chi connectivity index (χ4v) is 5.88. The van der Waals surface area contributed by atoms with Crippen molar-refractivity contribution < 1.29 is 14.3 Å². The van der Waals surface area contributed by atoms with Crippen molar-refractivity contribution in [2.45, 2.75) is 25.1 Å². The largest absolute Gasteiger partial charge is 0.383 e. The molecule has 0 radical (unpaired) electrons. The Labute approximate surface area is 228 Å². The summed E-state index contributed by atoms with van der Waals surface area (Å²) >= 11 is 0. The van der Waals surface area contributed by atoms with Gasteiger partial charge in [0.1, 0.15) is 29.5 Å². The number of fused-ring (bicyclic) bond motifs is 2. The highest BCUT2D eigenvalue weighted by atomic mass is 16.5. The van der Waals surface area contributed by atoms with E-state index in [0.29, 0.717) is 43.6 Å². The number of hydrogen-bond acceptors (Lipinski definition) is 7. The third-order valence-electron chi connectivity index (χ3n) is 7.73. The zero-order valence-corrected chi connectivity index (χ0v) is 21.6. The fraction of sp³-hybridized carbons (Fsp3) is 0.241. The van der Waals surface area contributed by atoms with Gasteiger partial charge in [0.2, 0.25) is 0 Å². The number of rotatable bonds is 5. The summed E-state index contributed by atoms with van der Waals surface area (Å²) in [5.41, 5.74) is 16.1. The number of aromatic nitrogens is 5. The molecule has 0 bridgehead atoms. The third-order valence-corrected chi connectivity index (χ3v) is 7.73. The second-order valence-electron chi connectivity index (χ2n) is 10.00. The molecule has 2 aromatic carbocycles. The number of nitrogens with zero attached hydrogens (tertiary/aromatic N) is 5. The maximum Gasteiger partial charge on any atom is 0.284 e. The smallest absolute Gasteiger partial charge is 0.284 e. The van der Waals surface area contributed by atoms with Crippen LogP contribution in [0.2, 0.25) is 0 Å². The SMILES string of the molecule is NC(=O)c1c2n(n(-c3ccccc3)c1=O)CCOC2c1ccc(-c2cn(C3CCOC3)c3ncnc(N)c23)cc1. The second kappa shape index (κ2) is 9.47. The number of amides is 1. The van der Waals surface area contributed by atoms with Gasteiger partial charge in [0.15, 0.2) is 0 Å². The first-order chi connectivity index (χ1) is 19.5. The molecule has 1 amide bonds. The van der Waals surface area contributed by atoms with E-state index >= 15 is 0 Å². The molecule has 1 saturated heterocycles. The lowest BCUT2D eigenvalue weighted by Crippen LogP contribution is -2.28. The van der Waals surface area contributed by atoms with Gasteiger partial charge < -0.3 is 25.5 Å². The van der Waals surface area contributed by atoms with Gasteiger partial charge in [-0.1, -0.05) is 42.5 Å². The molecule has 2 atom stereocenters. The molecule has 40 heavy (non-hydrogen) atoms. The van der Waals surface area contributed by atoms with Crippen molar-refractivity contribution in [2.75, 3.05) is 25.6 Å². The molecular weight excluding hydrogens is 510 g/mol. The van der Waals surface area contributed by atoms with Gasteiger partial charge in [0, 0.05) is 18.4 Å². The van der Waals surface area contributed by atoms with Crippen molar-refractivity contribution in [2.24, 2.45) is 5.73 Å². The predicted octanol–water partition coefficient (Wildman–Crippen LogP) is 2.81. The molecule has 2 unspecified atom stereocenters. The molecular formula is C29H27N7O4. The molecule has 11 heteroatoms. The molecule has 4 N–H and O–H groups in total. The molecule has 5 heterocycles. The van der Waals surface area contributed by atoms with Crippen LogP contribution in [0.5, 0.6) is 0 Å². The monoisotopic (exact) mass is 537 g/mol. The van der Waals surface area contributed by atoms with Crippen LogP contribution >= 0.6 is 0 Å². The first kappa shape index (κ1) is 24.3. The van der Waals surface area contributed by atoms with E-state index in [-0.39, 0.29) is 11.6 Å². The van der Waals surface area contributed by atoms with E-state index in [1.54, 1.807) is 4.68 Å². The molecule has 7 rings (SSSR count). The lowest BCUT2D eigenvalue weighted by Gasteiger charge is -2.27. The second-order valence-corrected chi connectivity index (χ2v) is 10.00. The van der Waals surface area contributed by atoms with Crippen LogP contribution in [0.15, 0.2) is 71.9 Å². The molecule has 202 valence electrons. The van der Waals surface area contributed by atoms with Gasteiger partial charge in [-0.25, -0.2) is 14.6 Å². The van der Waals surface area contributed by atoms with Crippen molar-refractivity contribution in [3.05, 3.63) is 94.3 Å². The first-order valence-corrected chi connectivity index (χ1v) is 13.1. The molecule has 2 aliphatic heterocycles. The Morgan fingerprint density at radius 3 is 2.55 bits per heavy atom. The summed E-state index contributed by atoms with van der Waals surface area (Å²) in [4.78, 5) is 34.7. The number of nitrogen functional groups attached to an aromatic ring is 1.